The van der Waals surface area contributed by atoms with E-state index in [0.29, 0.717) is 17.0 Å². The molecule has 1 N–H and O–H groups in total. The van der Waals surface area contributed by atoms with Crippen molar-refractivity contribution in [1.29, 1.82) is 0 Å². The highest BCUT2D eigenvalue weighted by atomic mass is 19.4. The normalized spacial score (nSPS) is 11.1. The number of aryl methyl sites for hydroxylation is 1. The monoisotopic (exact) mass is 381 g/mol. The van der Waals surface area contributed by atoms with Crippen LogP contribution in [-0.2, 0) is 11.2 Å². The van der Waals surface area contributed by atoms with Crippen molar-refractivity contribution in [3.63, 3.8) is 0 Å². The highest BCUT2D eigenvalue weighted by molar-refractivity contribution is 6.06. The minimum Gasteiger partial charge on any atom is -0.482 e. The molecule has 1 amide bonds. The molecular weight excluding hydrogens is 363 g/mol. The van der Waals surface area contributed by atoms with Crippen LogP contribution in [0.4, 0.5) is 18.9 Å². The Morgan fingerprint density at radius 2 is 1.70 bits per heavy atom. The lowest BCUT2D eigenvalue weighted by molar-refractivity contribution is -0.139. The minimum absolute atomic E-state index is 0.204. The highest BCUT2D eigenvalue weighted by Gasteiger charge is 2.27. The van der Waals surface area contributed by atoms with Crippen LogP contribution in [0.1, 0.15) is 22.3 Å². The van der Waals surface area contributed by atoms with E-state index in [1.807, 2.05) is 0 Å². The van der Waals surface area contributed by atoms with Gasteiger partial charge in [0.15, 0.2) is 6.61 Å². The molecule has 0 saturated heterocycles. The Morgan fingerprint density at radius 3 is 2.30 bits per heavy atom. The van der Waals surface area contributed by atoms with Crippen LogP contribution >= 0.6 is 0 Å². The zero-order valence-corrected chi connectivity index (χ0v) is 14.5. The molecule has 0 unspecified atom stereocenters. The van der Waals surface area contributed by atoms with E-state index in [-0.39, 0.29) is 12.0 Å². The lowest BCUT2D eigenvalue weighted by atomic mass is 10.0. The number of hydrogen-bond acceptors (Lipinski definition) is 3. The SMILES string of the molecule is CN(C(=O)c1ccccc1CCC(F)(F)F)c1ccc(OCC(=O)O)cc1. The van der Waals surface area contributed by atoms with Crippen LogP contribution in [0.5, 0.6) is 5.75 Å². The maximum atomic E-state index is 12.7. The Labute approximate surface area is 154 Å². The van der Waals surface area contributed by atoms with Crippen molar-refractivity contribution >= 4 is 17.6 Å². The zero-order chi connectivity index (χ0) is 20.0. The number of alkyl halides is 3. The van der Waals surface area contributed by atoms with Gasteiger partial charge in [0.1, 0.15) is 5.75 Å². The lowest BCUT2D eigenvalue weighted by Gasteiger charge is -2.20. The molecule has 2 aromatic carbocycles. The molecule has 0 aliphatic heterocycles. The molecule has 0 spiro atoms. The number of aliphatic carboxylic acids is 1. The number of carboxylic acid groups (broad SMARTS) is 1. The Balaban J connectivity index is 2.14. The maximum Gasteiger partial charge on any atom is 0.389 e. The third-order valence-corrected chi connectivity index (χ3v) is 3.82. The van der Waals surface area contributed by atoms with Gasteiger partial charge in [0, 0.05) is 24.7 Å². The van der Waals surface area contributed by atoms with Gasteiger partial charge in [0.05, 0.1) is 0 Å². The number of nitrogens with zero attached hydrogens (tertiary/aromatic N) is 1. The number of rotatable bonds is 7. The summed E-state index contributed by atoms with van der Waals surface area (Å²) in [6, 6.07) is 12.3. The van der Waals surface area contributed by atoms with Gasteiger partial charge in [-0.1, -0.05) is 18.2 Å². The first-order valence-corrected chi connectivity index (χ1v) is 8.05. The molecule has 2 rings (SSSR count). The molecule has 0 heterocycles. The van der Waals surface area contributed by atoms with Crippen LogP contribution < -0.4 is 9.64 Å². The van der Waals surface area contributed by atoms with Gasteiger partial charge >= 0.3 is 12.1 Å². The minimum atomic E-state index is -4.30. The number of halogens is 3. The fourth-order valence-electron chi connectivity index (χ4n) is 2.43. The second-order valence-electron chi connectivity index (χ2n) is 5.81. The van der Waals surface area contributed by atoms with Gasteiger partial charge in [-0.2, -0.15) is 13.2 Å². The fourth-order valence-corrected chi connectivity index (χ4v) is 2.43. The fraction of sp³-hybridized carbons (Fsp3) is 0.263. The van der Waals surface area contributed by atoms with Crippen molar-refractivity contribution in [2.75, 3.05) is 18.6 Å². The summed E-state index contributed by atoms with van der Waals surface area (Å²) in [4.78, 5) is 24.5. The second-order valence-corrected chi connectivity index (χ2v) is 5.81. The van der Waals surface area contributed by atoms with Crippen molar-refractivity contribution in [3.05, 3.63) is 59.7 Å². The van der Waals surface area contributed by atoms with Crippen molar-refractivity contribution in [1.82, 2.24) is 0 Å². The van der Waals surface area contributed by atoms with Gasteiger partial charge in [-0.05, 0) is 42.3 Å². The summed E-state index contributed by atoms with van der Waals surface area (Å²) < 4.78 is 42.5. The van der Waals surface area contributed by atoms with Crippen molar-refractivity contribution in [2.45, 2.75) is 19.0 Å². The van der Waals surface area contributed by atoms with Crippen LogP contribution in [0.2, 0.25) is 0 Å². The van der Waals surface area contributed by atoms with E-state index in [9.17, 15) is 22.8 Å². The van der Waals surface area contributed by atoms with E-state index >= 15 is 0 Å². The van der Waals surface area contributed by atoms with Crippen LogP contribution in [0.3, 0.4) is 0 Å². The number of carbonyl (C=O) groups excluding carboxylic acids is 1. The molecule has 0 aliphatic rings. The van der Waals surface area contributed by atoms with Crippen molar-refractivity contribution < 1.29 is 32.6 Å². The lowest BCUT2D eigenvalue weighted by Crippen LogP contribution is -2.27. The van der Waals surface area contributed by atoms with Crippen LogP contribution in [-0.4, -0.2) is 36.8 Å². The molecule has 0 radical (unpaired) electrons. The number of hydrogen-bond donors (Lipinski definition) is 1. The number of amides is 1. The molecule has 27 heavy (non-hydrogen) atoms. The maximum absolute atomic E-state index is 12.7. The van der Waals surface area contributed by atoms with Gasteiger partial charge in [0.25, 0.3) is 5.91 Å². The van der Waals surface area contributed by atoms with Gasteiger partial charge in [-0.25, -0.2) is 4.79 Å². The summed E-state index contributed by atoms with van der Waals surface area (Å²) >= 11 is 0. The second kappa shape index (κ2) is 8.57. The van der Waals surface area contributed by atoms with Gasteiger partial charge in [0.2, 0.25) is 0 Å². The first-order chi connectivity index (χ1) is 12.7. The van der Waals surface area contributed by atoms with Gasteiger partial charge in [-0.15, -0.1) is 0 Å². The molecule has 0 saturated carbocycles. The molecule has 2 aromatic rings. The predicted octanol–water partition coefficient (Wildman–Crippen LogP) is 3.92. The molecule has 0 aromatic heterocycles. The van der Waals surface area contributed by atoms with E-state index in [2.05, 4.69) is 0 Å². The molecule has 144 valence electrons. The van der Waals surface area contributed by atoms with E-state index in [4.69, 9.17) is 9.84 Å². The highest BCUT2D eigenvalue weighted by Crippen LogP contribution is 2.25. The molecule has 5 nitrogen and oxygen atoms in total. The zero-order valence-electron chi connectivity index (χ0n) is 14.5. The number of carboxylic acids is 1. The van der Waals surface area contributed by atoms with Crippen molar-refractivity contribution in [2.24, 2.45) is 0 Å². The Morgan fingerprint density at radius 1 is 1.07 bits per heavy atom. The Bertz CT molecular complexity index is 803. The largest absolute Gasteiger partial charge is 0.482 e. The third-order valence-electron chi connectivity index (χ3n) is 3.82. The first-order valence-electron chi connectivity index (χ1n) is 8.05. The van der Waals surface area contributed by atoms with Crippen LogP contribution in [0, 0.1) is 0 Å². The number of anilines is 1. The van der Waals surface area contributed by atoms with Crippen LogP contribution in [0.25, 0.3) is 0 Å². The molecule has 0 atom stereocenters. The molecule has 0 aliphatic carbocycles. The molecule has 8 heteroatoms. The van der Waals surface area contributed by atoms with Crippen molar-refractivity contribution in [3.8, 4) is 5.75 Å². The average Bonchev–Trinajstić information content (AvgIpc) is 2.63. The summed E-state index contributed by atoms with van der Waals surface area (Å²) in [6.07, 6.45) is -5.58. The summed E-state index contributed by atoms with van der Waals surface area (Å²) in [5.74, 6) is -1.22. The third kappa shape index (κ3) is 6.02. The molecule has 0 bridgehead atoms. The first kappa shape index (κ1) is 20.3. The van der Waals surface area contributed by atoms with E-state index in [1.54, 1.807) is 24.3 Å². The summed E-state index contributed by atoms with van der Waals surface area (Å²) in [5, 5.41) is 8.59. The molecule has 0 fully saturated rings. The summed E-state index contributed by atoms with van der Waals surface area (Å²) in [7, 11) is 1.51. The predicted molar refractivity (Wildman–Crippen MR) is 93.1 cm³/mol. The Kier molecular flexibility index (Phi) is 6.44. The number of benzene rings is 2. The Hall–Kier alpha value is -3.03. The van der Waals surface area contributed by atoms with Gasteiger partial charge < -0.3 is 14.7 Å². The van der Waals surface area contributed by atoms with E-state index < -0.39 is 31.1 Å². The smallest absolute Gasteiger partial charge is 0.389 e. The number of ether oxygens (including phenoxy) is 1. The van der Waals surface area contributed by atoms with Crippen LogP contribution in [0.15, 0.2) is 48.5 Å². The van der Waals surface area contributed by atoms with E-state index in [0.717, 1.165) is 0 Å². The van der Waals surface area contributed by atoms with Gasteiger partial charge in [-0.3, -0.25) is 4.79 Å². The standard InChI is InChI=1S/C19H18F3NO4/c1-23(14-6-8-15(9-7-14)27-12-17(24)25)18(26)16-5-3-2-4-13(16)10-11-19(20,21)22/h2-9H,10-12H2,1H3,(H,24,25). The van der Waals surface area contributed by atoms with E-state index in [1.165, 1.54) is 36.2 Å². The number of carbonyl (C=O) groups is 2. The average molecular weight is 381 g/mol. The molecular formula is C19H18F3NO4. The quantitative estimate of drug-likeness (QED) is 0.789. The topological polar surface area (TPSA) is 66.8 Å². The summed E-state index contributed by atoms with van der Waals surface area (Å²) in [6.45, 7) is -0.485. The summed E-state index contributed by atoms with van der Waals surface area (Å²) in [5.41, 5.74) is 1.02.